The summed E-state index contributed by atoms with van der Waals surface area (Å²) in [5, 5.41) is 2.28. The van der Waals surface area contributed by atoms with Crippen molar-refractivity contribution in [2.45, 2.75) is 41.9 Å². The minimum atomic E-state index is 0.276. The lowest BCUT2D eigenvalue weighted by Gasteiger charge is -2.35. The lowest BCUT2D eigenvalue weighted by atomic mass is 10.0. The van der Waals surface area contributed by atoms with Crippen LogP contribution in [-0.2, 0) is 4.79 Å². The molecule has 2 aliphatic rings. The molecule has 0 aromatic carbocycles. The Hall–Kier alpha value is 0.110. The molecule has 2 rings (SSSR count). The van der Waals surface area contributed by atoms with Gasteiger partial charge in [-0.1, -0.05) is 23.9 Å². The van der Waals surface area contributed by atoms with Gasteiger partial charge in [0.15, 0.2) is 5.12 Å². The van der Waals surface area contributed by atoms with E-state index in [1.165, 1.54) is 12.8 Å². The van der Waals surface area contributed by atoms with E-state index in [2.05, 4.69) is 23.9 Å². The van der Waals surface area contributed by atoms with Crippen LogP contribution < -0.4 is 0 Å². The van der Waals surface area contributed by atoms with Crippen LogP contribution in [0, 0.1) is 0 Å². The van der Waals surface area contributed by atoms with Crippen molar-refractivity contribution < 1.29 is 4.79 Å². The fourth-order valence-electron chi connectivity index (χ4n) is 1.96. The molecule has 1 nitrogen and oxygen atoms in total. The first-order chi connectivity index (χ1) is 6.25. The molecule has 0 N–H and O–H groups in total. The van der Waals surface area contributed by atoms with Gasteiger partial charge in [-0.3, -0.25) is 4.79 Å². The van der Waals surface area contributed by atoms with Gasteiger partial charge in [0.05, 0.1) is 0 Å². The number of fused-ring (bicyclic) bond motifs is 2. The normalized spacial score (nSPS) is 37.5. The molecule has 13 heavy (non-hydrogen) atoms. The van der Waals surface area contributed by atoms with Gasteiger partial charge >= 0.3 is 0 Å². The van der Waals surface area contributed by atoms with Gasteiger partial charge in [0.2, 0.25) is 0 Å². The SMILES string of the molecule is CC(=O)SC1CCC2C=CCC1S2. The van der Waals surface area contributed by atoms with Gasteiger partial charge in [-0.05, 0) is 19.3 Å². The molecule has 0 saturated carbocycles. The van der Waals surface area contributed by atoms with Crippen LogP contribution in [0.15, 0.2) is 12.2 Å². The van der Waals surface area contributed by atoms with E-state index < -0.39 is 0 Å². The van der Waals surface area contributed by atoms with Crippen molar-refractivity contribution in [3.63, 3.8) is 0 Å². The Labute approximate surface area is 87.7 Å². The van der Waals surface area contributed by atoms with Crippen LogP contribution in [0.1, 0.15) is 26.2 Å². The summed E-state index contributed by atoms with van der Waals surface area (Å²) in [6.45, 7) is 1.68. The number of allylic oxidation sites excluding steroid dienone is 1. The Bertz CT molecular complexity index is 237. The number of carbonyl (C=O) groups excluding carboxylic acids is 1. The maximum Gasteiger partial charge on any atom is 0.186 e. The van der Waals surface area contributed by atoms with Crippen molar-refractivity contribution in [2.75, 3.05) is 0 Å². The van der Waals surface area contributed by atoms with Gasteiger partial charge in [0.25, 0.3) is 0 Å². The van der Waals surface area contributed by atoms with Crippen molar-refractivity contribution in [3.05, 3.63) is 12.2 Å². The maximum absolute atomic E-state index is 11.0. The summed E-state index contributed by atoms with van der Waals surface area (Å²) < 4.78 is 0. The van der Waals surface area contributed by atoms with E-state index in [0.717, 1.165) is 11.7 Å². The summed E-state index contributed by atoms with van der Waals surface area (Å²) >= 11 is 3.61. The fraction of sp³-hybridized carbons (Fsp3) is 0.700. The minimum absolute atomic E-state index is 0.276. The molecule has 3 atom stereocenters. The van der Waals surface area contributed by atoms with E-state index in [4.69, 9.17) is 0 Å². The summed E-state index contributed by atoms with van der Waals surface area (Å²) in [6, 6.07) is 0. The van der Waals surface area contributed by atoms with E-state index in [-0.39, 0.29) is 5.12 Å². The van der Waals surface area contributed by atoms with Crippen molar-refractivity contribution >= 4 is 28.6 Å². The van der Waals surface area contributed by atoms with E-state index in [9.17, 15) is 4.79 Å². The molecule has 1 saturated heterocycles. The zero-order valence-electron chi connectivity index (χ0n) is 7.73. The molecule has 1 fully saturated rings. The fourth-order valence-corrected chi connectivity index (χ4v) is 4.71. The zero-order chi connectivity index (χ0) is 9.26. The van der Waals surface area contributed by atoms with Crippen LogP contribution in [-0.4, -0.2) is 20.9 Å². The molecule has 0 amide bonds. The van der Waals surface area contributed by atoms with Crippen LogP contribution >= 0.6 is 23.5 Å². The second kappa shape index (κ2) is 4.09. The van der Waals surface area contributed by atoms with Gasteiger partial charge in [0, 0.05) is 22.7 Å². The second-order valence-corrected chi connectivity index (χ2v) is 6.50. The first-order valence-electron chi connectivity index (χ1n) is 4.75. The molecule has 2 aliphatic heterocycles. The quantitative estimate of drug-likeness (QED) is 0.625. The number of carbonyl (C=O) groups is 1. The summed E-state index contributed by atoms with van der Waals surface area (Å²) in [6.07, 6.45) is 8.25. The van der Waals surface area contributed by atoms with E-state index in [1.54, 1.807) is 18.7 Å². The van der Waals surface area contributed by atoms with Crippen molar-refractivity contribution in [1.29, 1.82) is 0 Å². The van der Waals surface area contributed by atoms with Crippen LogP contribution in [0.5, 0.6) is 0 Å². The average Bonchev–Trinajstić information content (AvgIpc) is 2.10. The predicted octanol–water partition coefficient (Wildman–Crippen LogP) is 2.86. The Morgan fingerprint density at radius 3 is 3.15 bits per heavy atom. The smallest absolute Gasteiger partial charge is 0.186 e. The first-order valence-corrected chi connectivity index (χ1v) is 6.57. The van der Waals surface area contributed by atoms with E-state index in [0.29, 0.717) is 10.5 Å². The monoisotopic (exact) mass is 214 g/mol. The third-order valence-corrected chi connectivity index (χ3v) is 5.52. The molecule has 3 unspecified atom stereocenters. The molecular formula is C10H14OS2. The number of hydrogen-bond acceptors (Lipinski definition) is 3. The molecule has 0 spiro atoms. The van der Waals surface area contributed by atoms with Gasteiger partial charge in [-0.15, -0.1) is 11.8 Å². The van der Waals surface area contributed by atoms with E-state index >= 15 is 0 Å². The maximum atomic E-state index is 11.0. The van der Waals surface area contributed by atoms with Crippen LogP contribution in [0.25, 0.3) is 0 Å². The third kappa shape index (κ3) is 2.32. The van der Waals surface area contributed by atoms with Crippen molar-refractivity contribution in [2.24, 2.45) is 0 Å². The second-order valence-electron chi connectivity index (χ2n) is 3.60. The Morgan fingerprint density at radius 1 is 1.54 bits per heavy atom. The van der Waals surface area contributed by atoms with Gasteiger partial charge in [-0.2, -0.15) is 0 Å². The molecule has 0 aromatic heterocycles. The zero-order valence-corrected chi connectivity index (χ0v) is 9.37. The summed E-state index contributed by atoms with van der Waals surface area (Å²) in [5.74, 6) is 0. The largest absolute Gasteiger partial charge is 0.288 e. The molecule has 0 aromatic rings. The lowest BCUT2D eigenvalue weighted by molar-refractivity contribution is -0.109. The summed E-state index contributed by atoms with van der Waals surface area (Å²) in [4.78, 5) is 11.0. The Balaban J connectivity index is 1.99. The van der Waals surface area contributed by atoms with E-state index in [1.807, 2.05) is 0 Å². The van der Waals surface area contributed by atoms with Crippen molar-refractivity contribution in [1.82, 2.24) is 0 Å². The average molecular weight is 214 g/mol. The van der Waals surface area contributed by atoms with Gasteiger partial charge < -0.3 is 0 Å². The molecule has 2 heterocycles. The first kappa shape index (κ1) is 9.66. The number of thioether (sulfide) groups is 2. The summed E-state index contributed by atoms with van der Waals surface area (Å²) in [7, 11) is 0. The van der Waals surface area contributed by atoms with Crippen LogP contribution in [0.2, 0.25) is 0 Å². The highest BCUT2D eigenvalue weighted by Crippen LogP contribution is 2.42. The predicted molar refractivity (Wildman–Crippen MR) is 60.2 cm³/mol. The third-order valence-electron chi connectivity index (χ3n) is 2.54. The standard InChI is InChI=1S/C10H14OS2/c1-7(11)12-10-6-5-8-3-2-4-9(10)13-8/h2-3,8-10H,4-6H2,1H3. The molecule has 0 aliphatic carbocycles. The highest BCUT2D eigenvalue weighted by atomic mass is 32.2. The van der Waals surface area contributed by atoms with Gasteiger partial charge in [-0.25, -0.2) is 0 Å². The Kier molecular flexibility index (Phi) is 3.04. The van der Waals surface area contributed by atoms with Gasteiger partial charge in [0.1, 0.15) is 0 Å². The van der Waals surface area contributed by atoms with Crippen LogP contribution in [0.4, 0.5) is 0 Å². The molecule has 3 heteroatoms. The molecule has 2 bridgehead atoms. The van der Waals surface area contributed by atoms with Crippen LogP contribution in [0.3, 0.4) is 0 Å². The topological polar surface area (TPSA) is 17.1 Å². The number of rotatable bonds is 1. The lowest BCUT2D eigenvalue weighted by Crippen LogP contribution is -2.31. The molecule has 72 valence electrons. The number of hydrogen-bond donors (Lipinski definition) is 0. The molecular weight excluding hydrogens is 200 g/mol. The highest BCUT2D eigenvalue weighted by Gasteiger charge is 2.32. The Morgan fingerprint density at radius 2 is 2.38 bits per heavy atom. The highest BCUT2D eigenvalue weighted by molar-refractivity contribution is 8.15. The summed E-state index contributed by atoms with van der Waals surface area (Å²) in [5.41, 5.74) is 0. The van der Waals surface area contributed by atoms with Crippen molar-refractivity contribution in [3.8, 4) is 0 Å². The molecule has 0 radical (unpaired) electrons. The minimum Gasteiger partial charge on any atom is -0.288 e.